The molecular weight excluding hydrogens is 340 g/mol. The summed E-state index contributed by atoms with van der Waals surface area (Å²) in [6.07, 6.45) is 1.46. The second-order valence-electron chi connectivity index (χ2n) is 6.22. The highest BCUT2D eigenvalue weighted by molar-refractivity contribution is 7.99. The zero-order valence-corrected chi connectivity index (χ0v) is 15.2. The number of benzene rings is 1. The quantitative estimate of drug-likeness (QED) is 0.766. The first kappa shape index (κ1) is 19.3. The predicted octanol–water partition coefficient (Wildman–Crippen LogP) is 1.54. The first-order valence-corrected chi connectivity index (χ1v) is 9.50. The summed E-state index contributed by atoms with van der Waals surface area (Å²) in [6, 6.07) is 9.72. The molecule has 2 amide bonds. The molecule has 0 unspecified atom stereocenters. The number of nitrogens with zero attached hydrogens (tertiary/aromatic N) is 1. The number of aliphatic carboxylic acids is 1. The molecule has 2 N–H and O–H groups in total. The van der Waals surface area contributed by atoms with Crippen molar-refractivity contribution in [3.63, 3.8) is 0 Å². The van der Waals surface area contributed by atoms with Crippen molar-refractivity contribution >= 4 is 29.5 Å². The fraction of sp³-hybridized carbons (Fsp3) is 0.500. The minimum absolute atomic E-state index is 0.121. The number of carbonyl (C=O) groups is 3. The number of amides is 2. The topological polar surface area (TPSA) is 86.7 Å². The van der Waals surface area contributed by atoms with Crippen molar-refractivity contribution in [1.29, 1.82) is 0 Å². The summed E-state index contributed by atoms with van der Waals surface area (Å²) in [7, 11) is 0. The van der Waals surface area contributed by atoms with Gasteiger partial charge in [-0.3, -0.25) is 9.59 Å². The molecule has 0 atom stereocenters. The van der Waals surface area contributed by atoms with E-state index in [0.29, 0.717) is 37.3 Å². The number of carboxylic acid groups (broad SMARTS) is 1. The monoisotopic (exact) mass is 364 g/mol. The Morgan fingerprint density at radius 2 is 1.84 bits per heavy atom. The van der Waals surface area contributed by atoms with E-state index in [0.717, 1.165) is 5.56 Å². The lowest BCUT2D eigenvalue weighted by Crippen LogP contribution is -2.58. The molecule has 1 aromatic rings. The van der Waals surface area contributed by atoms with Gasteiger partial charge in [-0.25, -0.2) is 4.79 Å². The van der Waals surface area contributed by atoms with Gasteiger partial charge in [0, 0.05) is 13.5 Å². The lowest BCUT2D eigenvalue weighted by molar-refractivity contribution is -0.148. The number of carbonyl (C=O) groups excluding carboxylic acids is 2. The van der Waals surface area contributed by atoms with Crippen molar-refractivity contribution in [1.82, 2.24) is 10.2 Å². The Morgan fingerprint density at radius 3 is 2.40 bits per heavy atom. The van der Waals surface area contributed by atoms with Gasteiger partial charge in [0.15, 0.2) is 0 Å². The highest BCUT2D eigenvalue weighted by Gasteiger charge is 2.41. The molecule has 0 spiro atoms. The fourth-order valence-corrected chi connectivity index (χ4v) is 4.04. The van der Waals surface area contributed by atoms with E-state index in [1.54, 1.807) is 11.8 Å². The van der Waals surface area contributed by atoms with Gasteiger partial charge < -0.3 is 15.3 Å². The molecule has 0 radical (unpaired) electrons. The minimum Gasteiger partial charge on any atom is -0.480 e. The van der Waals surface area contributed by atoms with E-state index in [1.165, 1.54) is 11.8 Å². The van der Waals surface area contributed by atoms with E-state index in [1.807, 2.05) is 30.3 Å². The Hall–Kier alpha value is -2.02. The average molecular weight is 364 g/mol. The van der Waals surface area contributed by atoms with Crippen molar-refractivity contribution in [3.8, 4) is 0 Å². The van der Waals surface area contributed by atoms with Crippen LogP contribution in [0.5, 0.6) is 0 Å². The molecule has 1 aliphatic heterocycles. The Morgan fingerprint density at radius 1 is 1.20 bits per heavy atom. The number of hydrogen-bond donors (Lipinski definition) is 2. The molecule has 0 saturated carbocycles. The van der Waals surface area contributed by atoms with Gasteiger partial charge >= 0.3 is 5.97 Å². The van der Waals surface area contributed by atoms with Gasteiger partial charge in [0.25, 0.3) is 0 Å². The maximum atomic E-state index is 12.4. The smallest absolute Gasteiger partial charge is 0.329 e. The van der Waals surface area contributed by atoms with Gasteiger partial charge in [-0.05, 0) is 36.3 Å². The highest BCUT2D eigenvalue weighted by atomic mass is 32.2. The highest BCUT2D eigenvalue weighted by Crippen LogP contribution is 2.27. The molecule has 0 aliphatic carbocycles. The van der Waals surface area contributed by atoms with Crippen LogP contribution in [0.4, 0.5) is 0 Å². The minimum atomic E-state index is -1.20. The summed E-state index contributed by atoms with van der Waals surface area (Å²) in [5, 5.41) is 12.2. The normalized spacial score (nSPS) is 16.0. The van der Waals surface area contributed by atoms with E-state index in [2.05, 4.69) is 5.32 Å². The SMILES string of the molecule is CC(=O)N(CCc1ccccc1)CC(=O)NC1(C(=O)O)CCSCC1. The van der Waals surface area contributed by atoms with Crippen LogP contribution in [0.2, 0.25) is 0 Å². The fourth-order valence-electron chi connectivity index (χ4n) is 2.85. The van der Waals surface area contributed by atoms with Gasteiger partial charge in [0.2, 0.25) is 11.8 Å². The van der Waals surface area contributed by atoms with Gasteiger partial charge in [0.1, 0.15) is 5.54 Å². The molecule has 136 valence electrons. The van der Waals surface area contributed by atoms with E-state index < -0.39 is 17.4 Å². The maximum absolute atomic E-state index is 12.4. The predicted molar refractivity (Wildman–Crippen MR) is 97.5 cm³/mol. The Balaban J connectivity index is 1.95. The third-order valence-electron chi connectivity index (χ3n) is 4.43. The molecule has 0 bridgehead atoms. The first-order chi connectivity index (χ1) is 11.9. The summed E-state index contributed by atoms with van der Waals surface area (Å²) in [5.41, 5.74) is -0.120. The van der Waals surface area contributed by atoms with Crippen molar-refractivity contribution < 1.29 is 19.5 Å². The summed E-state index contributed by atoms with van der Waals surface area (Å²) < 4.78 is 0. The van der Waals surface area contributed by atoms with Gasteiger partial charge in [0.05, 0.1) is 6.54 Å². The van der Waals surface area contributed by atoms with Crippen LogP contribution in [0.1, 0.15) is 25.3 Å². The third kappa shape index (κ3) is 5.49. The Labute approximate surface area is 152 Å². The van der Waals surface area contributed by atoms with Gasteiger partial charge in [-0.1, -0.05) is 30.3 Å². The maximum Gasteiger partial charge on any atom is 0.329 e. The summed E-state index contributed by atoms with van der Waals surface area (Å²) in [6.45, 7) is 1.72. The van der Waals surface area contributed by atoms with Crippen LogP contribution in [-0.2, 0) is 20.8 Å². The lowest BCUT2D eigenvalue weighted by atomic mass is 9.92. The van der Waals surface area contributed by atoms with Gasteiger partial charge in [-0.15, -0.1) is 0 Å². The van der Waals surface area contributed by atoms with Crippen LogP contribution >= 0.6 is 11.8 Å². The second kappa shape index (κ2) is 8.89. The van der Waals surface area contributed by atoms with Crippen LogP contribution in [0.25, 0.3) is 0 Å². The molecule has 1 fully saturated rings. The molecule has 6 nitrogen and oxygen atoms in total. The molecule has 1 saturated heterocycles. The Bertz CT molecular complexity index is 615. The zero-order valence-electron chi connectivity index (χ0n) is 14.4. The van der Waals surface area contributed by atoms with Crippen molar-refractivity contribution in [3.05, 3.63) is 35.9 Å². The average Bonchev–Trinajstić information content (AvgIpc) is 2.60. The lowest BCUT2D eigenvalue weighted by Gasteiger charge is -2.34. The first-order valence-electron chi connectivity index (χ1n) is 8.34. The van der Waals surface area contributed by atoms with E-state index in [-0.39, 0.29) is 12.5 Å². The van der Waals surface area contributed by atoms with Crippen LogP contribution in [0.3, 0.4) is 0 Å². The Kier molecular flexibility index (Phi) is 6.87. The molecular formula is C18H24N2O4S. The van der Waals surface area contributed by atoms with Crippen LogP contribution in [-0.4, -0.2) is 57.9 Å². The van der Waals surface area contributed by atoms with Crippen LogP contribution in [0.15, 0.2) is 30.3 Å². The number of thioether (sulfide) groups is 1. The van der Waals surface area contributed by atoms with Crippen molar-refractivity contribution in [2.75, 3.05) is 24.6 Å². The molecule has 1 aliphatic rings. The number of nitrogens with one attached hydrogen (secondary N) is 1. The molecule has 25 heavy (non-hydrogen) atoms. The second-order valence-corrected chi connectivity index (χ2v) is 7.45. The largest absolute Gasteiger partial charge is 0.480 e. The van der Waals surface area contributed by atoms with E-state index in [9.17, 15) is 19.5 Å². The molecule has 2 rings (SSSR count). The van der Waals surface area contributed by atoms with Crippen LogP contribution in [0, 0.1) is 0 Å². The molecule has 0 aromatic heterocycles. The standard InChI is InChI=1S/C18H24N2O4S/c1-14(21)20(10-7-15-5-3-2-4-6-15)13-16(22)19-18(17(23)24)8-11-25-12-9-18/h2-6H,7-13H2,1H3,(H,19,22)(H,23,24). The summed E-state index contributed by atoms with van der Waals surface area (Å²) >= 11 is 1.69. The summed E-state index contributed by atoms with van der Waals surface area (Å²) in [4.78, 5) is 37.3. The summed E-state index contributed by atoms with van der Waals surface area (Å²) in [5.74, 6) is -0.208. The zero-order chi connectivity index (χ0) is 18.3. The van der Waals surface area contributed by atoms with Crippen molar-refractivity contribution in [2.24, 2.45) is 0 Å². The van der Waals surface area contributed by atoms with Crippen LogP contribution < -0.4 is 5.32 Å². The van der Waals surface area contributed by atoms with E-state index >= 15 is 0 Å². The van der Waals surface area contributed by atoms with E-state index in [4.69, 9.17) is 0 Å². The molecule has 1 heterocycles. The number of carboxylic acids is 1. The molecule has 1 aromatic carbocycles. The molecule has 7 heteroatoms. The number of rotatable bonds is 7. The third-order valence-corrected chi connectivity index (χ3v) is 5.41. The number of hydrogen-bond acceptors (Lipinski definition) is 4. The van der Waals surface area contributed by atoms with Gasteiger partial charge in [-0.2, -0.15) is 11.8 Å². The van der Waals surface area contributed by atoms with Crippen molar-refractivity contribution in [2.45, 2.75) is 31.7 Å².